The molecule has 1 heterocycles. The van der Waals surface area contributed by atoms with Crippen LogP contribution in [0.3, 0.4) is 0 Å². The number of nitrogens with one attached hydrogen (secondary N) is 1. The lowest BCUT2D eigenvalue weighted by Crippen LogP contribution is -2.60. The summed E-state index contributed by atoms with van der Waals surface area (Å²) in [5, 5.41) is 65.3. The van der Waals surface area contributed by atoms with Crippen LogP contribution in [0.25, 0.3) is 0 Å². The zero-order chi connectivity index (χ0) is 43.9. The Kier molecular flexibility index (Phi) is 39.0. The largest absolute Gasteiger partial charge is 0.394 e. The zero-order valence-corrected chi connectivity index (χ0v) is 39.1. The van der Waals surface area contributed by atoms with E-state index in [1.54, 1.807) is 0 Å². The van der Waals surface area contributed by atoms with Crippen molar-refractivity contribution in [1.29, 1.82) is 0 Å². The Bertz CT molecular complexity index is 926. The molecule has 1 fully saturated rings. The molecule has 0 radical (unpaired) electrons. The van der Waals surface area contributed by atoms with Crippen LogP contribution in [-0.4, -0.2) is 98.7 Å². The SMILES string of the molecule is CCCCCCCCCCCCCCCCCCCCCCCCCC(=O)N[C@@H](CO[C@@H]1O[C@H](CO)[C@@H](O)[C@H](O)[C@H]1O)[C@H](O)[C@H](O)CCCCCCCCCCCCCC. The van der Waals surface area contributed by atoms with Crippen molar-refractivity contribution < 1.29 is 44.9 Å². The van der Waals surface area contributed by atoms with Crippen LogP contribution in [0.4, 0.5) is 0 Å². The second kappa shape index (κ2) is 40.9. The Morgan fingerprint density at radius 2 is 0.867 bits per heavy atom. The van der Waals surface area contributed by atoms with Gasteiger partial charge in [-0.15, -0.1) is 0 Å². The van der Waals surface area contributed by atoms with Crippen LogP contribution >= 0.6 is 0 Å². The maximum absolute atomic E-state index is 13.0. The summed E-state index contributed by atoms with van der Waals surface area (Å²) in [6.45, 7) is 3.63. The van der Waals surface area contributed by atoms with Crippen molar-refractivity contribution in [1.82, 2.24) is 5.32 Å². The Balaban J connectivity index is 2.26. The number of hydrogen-bond donors (Lipinski definition) is 7. The number of carbonyl (C=O) groups is 1. The van der Waals surface area contributed by atoms with Crippen molar-refractivity contribution in [3.63, 3.8) is 0 Å². The molecule has 0 aliphatic carbocycles. The minimum Gasteiger partial charge on any atom is -0.394 e. The molecule has 8 atom stereocenters. The van der Waals surface area contributed by atoms with E-state index in [9.17, 15) is 35.4 Å². The third-order valence-corrected chi connectivity index (χ3v) is 12.8. The predicted molar refractivity (Wildman–Crippen MR) is 246 cm³/mol. The summed E-state index contributed by atoms with van der Waals surface area (Å²) in [4.78, 5) is 13.0. The molecule has 1 amide bonds. The molecule has 0 spiro atoms. The summed E-state index contributed by atoms with van der Waals surface area (Å²) in [7, 11) is 0. The lowest BCUT2D eigenvalue weighted by atomic mass is 9.98. The molecule has 1 aliphatic heterocycles. The van der Waals surface area contributed by atoms with Gasteiger partial charge in [0.2, 0.25) is 5.91 Å². The van der Waals surface area contributed by atoms with Gasteiger partial charge in [0, 0.05) is 6.42 Å². The first-order valence-electron chi connectivity index (χ1n) is 25.8. The fourth-order valence-corrected chi connectivity index (χ4v) is 8.61. The molecule has 1 saturated heterocycles. The number of unbranched alkanes of at least 4 members (excludes halogenated alkanes) is 33. The van der Waals surface area contributed by atoms with E-state index < -0.39 is 55.6 Å². The molecule has 7 N–H and O–H groups in total. The first kappa shape index (κ1) is 57.2. The highest BCUT2D eigenvalue weighted by molar-refractivity contribution is 5.76. The molecule has 0 unspecified atom stereocenters. The van der Waals surface area contributed by atoms with Crippen LogP contribution in [0.2, 0.25) is 0 Å². The van der Waals surface area contributed by atoms with Gasteiger partial charge in [-0.2, -0.15) is 0 Å². The van der Waals surface area contributed by atoms with Gasteiger partial charge >= 0.3 is 0 Å². The molecule has 60 heavy (non-hydrogen) atoms. The average Bonchev–Trinajstić information content (AvgIpc) is 3.25. The highest BCUT2D eigenvalue weighted by Gasteiger charge is 2.44. The number of aliphatic hydroxyl groups is 6. The molecular weight excluding hydrogens is 759 g/mol. The summed E-state index contributed by atoms with van der Waals surface area (Å²) in [5.41, 5.74) is 0. The van der Waals surface area contributed by atoms with Gasteiger partial charge in [-0.05, 0) is 12.8 Å². The van der Waals surface area contributed by atoms with Gasteiger partial charge in [0.1, 0.15) is 30.5 Å². The molecule has 10 nitrogen and oxygen atoms in total. The lowest BCUT2D eigenvalue weighted by Gasteiger charge is -2.40. The van der Waals surface area contributed by atoms with Crippen LogP contribution in [-0.2, 0) is 14.3 Å². The van der Waals surface area contributed by atoms with E-state index in [0.29, 0.717) is 6.42 Å². The van der Waals surface area contributed by atoms with Gasteiger partial charge < -0.3 is 45.4 Å². The monoisotopic (exact) mass is 858 g/mol. The minimum absolute atomic E-state index is 0.252. The summed E-state index contributed by atoms with van der Waals surface area (Å²) in [5.74, 6) is -0.252. The Labute approximate surface area is 368 Å². The summed E-state index contributed by atoms with van der Waals surface area (Å²) in [6, 6.07) is -0.985. The molecule has 1 aliphatic rings. The number of ether oxygens (including phenoxy) is 2. The van der Waals surface area contributed by atoms with Crippen molar-refractivity contribution in [2.75, 3.05) is 13.2 Å². The molecule has 0 saturated carbocycles. The van der Waals surface area contributed by atoms with Crippen LogP contribution in [0.15, 0.2) is 0 Å². The van der Waals surface area contributed by atoms with Gasteiger partial charge in [-0.3, -0.25) is 4.79 Å². The maximum atomic E-state index is 13.0. The van der Waals surface area contributed by atoms with Crippen molar-refractivity contribution in [2.24, 2.45) is 0 Å². The molecule has 0 aromatic carbocycles. The molecule has 0 bridgehead atoms. The van der Waals surface area contributed by atoms with Crippen molar-refractivity contribution in [3.05, 3.63) is 0 Å². The molecule has 10 heteroatoms. The third kappa shape index (κ3) is 30.3. The van der Waals surface area contributed by atoms with E-state index >= 15 is 0 Å². The standard InChI is InChI=1S/C50H99NO9/c1-3-5-7-9-11-13-15-17-18-19-20-21-22-23-24-25-26-27-29-31-33-35-37-39-45(54)51-42(41-59-50-49(58)48(57)47(56)44(40-52)60-50)46(55)43(53)38-36-34-32-30-28-16-14-12-10-8-6-4-2/h42-44,46-50,52-53,55-58H,3-41H2,1-2H3,(H,51,54)/t42-,43+,44+,46-,47+,48-,49+,50+/m0/s1. The van der Waals surface area contributed by atoms with Crippen molar-refractivity contribution in [2.45, 2.75) is 300 Å². The van der Waals surface area contributed by atoms with E-state index in [2.05, 4.69) is 19.2 Å². The van der Waals surface area contributed by atoms with Crippen molar-refractivity contribution in [3.8, 4) is 0 Å². The number of rotatable bonds is 44. The second-order valence-electron chi connectivity index (χ2n) is 18.5. The molecule has 0 aromatic rings. The van der Waals surface area contributed by atoms with Gasteiger partial charge in [0.25, 0.3) is 0 Å². The summed E-state index contributed by atoms with van der Waals surface area (Å²) < 4.78 is 11.2. The van der Waals surface area contributed by atoms with Crippen LogP contribution in [0.5, 0.6) is 0 Å². The van der Waals surface area contributed by atoms with Crippen molar-refractivity contribution >= 4 is 5.91 Å². The van der Waals surface area contributed by atoms with Gasteiger partial charge in [0.05, 0.1) is 25.4 Å². The fourth-order valence-electron chi connectivity index (χ4n) is 8.61. The molecule has 1 rings (SSSR count). The number of aliphatic hydroxyl groups excluding tert-OH is 6. The zero-order valence-electron chi connectivity index (χ0n) is 39.1. The Morgan fingerprint density at radius 3 is 1.23 bits per heavy atom. The molecular formula is C50H99NO9. The fraction of sp³-hybridized carbons (Fsp3) is 0.980. The predicted octanol–water partition coefficient (Wildman–Crippen LogP) is 10.5. The van der Waals surface area contributed by atoms with E-state index in [1.165, 1.54) is 186 Å². The van der Waals surface area contributed by atoms with Gasteiger partial charge in [-0.25, -0.2) is 0 Å². The second-order valence-corrected chi connectivity index (χ2v) is 18.5. The lowest BCUT2D eigenvalue weighted by molar-refractivity contribution is -0.303. The van der Waals surface area contributed by atoms with E-state index in [-0.39, 0.29) is 18.9 Å². The quantitative estimate of drug-likeness (QED) is 0.0295. The average molecular weight is 858 g/mol. The highest BCUT2D eigenvalue weighted by Crippen LogP contribution is 2.23. The normalized spacial score (nSPS) is 21.0. The first-order chi connectivity index (χ1) is 29.3. The van der Waals surface area contributed by atoms with E-state index in [4.69, 9.17) is 9.47 Å². The first-order valence-corrected chi connectivity index (χ1v) is 25.8. The van der Waals surface area contributed by atoms with E-state index in [0.717, 1.165) is 38.5 Å². The summed E-state index contributed by atoms with van der Waals surface area (Å²) >= 11 is 0. The van der Waals surface area contributed by atoms with Gasteiger partial charge in [0.15, 0.2) is 6.29 Å². The minimum atomic E-state index is -1.60. The maximum Gasteiger partial charge on any atom is 0.220 e. The smallest absolute Gasteiger partial charge is 0.220 e. The number of amides is 1. The van der Waals surface area contributed by atoms with Gasteiger partial charge in [-0.1, -0.05) is 232 Å². The highest BCUT2D eigenvalue weighted by atomic mass is 16.7. The third-order valence-electron chi connectivity index (χ3n) is 12.8. The summed E-state index contributed by atoms with van der Waals surface area (Å²) in [6.07, 6.45) is 35.5. The Morgan fingerprint density at radius 1 is 0.517 bits per heavy atom. The molecule has 358 valence electrons. The topological polar surface area (TPSA) is 169 Å². The number of carbonyl (C=O) groups excluding carboxylic acids is 1. The van der Waals surface area contributed by atoms with E-state index in [1.807, 2.05) is 0 Å². The van der Waals surface area contributed by atoms with Crippen LogP contribution in [0.1, 0.15) is 251 Å². The van der Waals surface area contributed by atoms with Crippen LogP contribution in [0, 0.1) is 0 Å². The number of hydrogen-bond acceptors (Lipinski definition) is 9. The van der Waals surface area contributed by atoms with Crippen LogP contribution < -0.4 is 5.32 Å². The molecule has 0 aromatic heterocycles. The Hall–Kier alpha value is -0.850.